The molecule has 2 fully saturated rings. The van der Waals surface area contributed by atoms with Crippen LogP contribution in [0.3, 0.4) is 0 Å². The van der Waals surface area contributed by atoms with Crippen LogP contribution in [0.15, 0.2) is 109 Å². The van der Waals surface area contributed by atoms with E-state index >= 15 is 0 Å². The van der Waals surface area contributed by atoms with Crippen LogP contribution in [0.5, 0.6) is 0 Å². The summed E-state index contributed by atoms with van der Waals surface area (Å²) in [5, 5.41) is 0. The summed E-state index contributed by atoms with van der Waals surface area (Å²) in [6.45, 7) is 7.58. The quantitative estimate of drug-likeness (QED) is 0.167. The second-order valence-electron chi connectivity index (χ2n) is 11.7. The van der Waals surface area contributed by atoms with E-state index < -0.39 is 0 Å². The van der Waals surface area contributed by atoms with E-state index in [1.807, 2.05) is 60.7 Å². The molecule has 0 radical (unpaired) electrons. The minimum atomic E-state index is -0.336. The predicted octanol–water partition coefficient (Wildman–Crippen LogP) is 5.02. The number of benzene rings is 4. The lowest BCUT2D eigenvalue weighted by Gasteiger charge is -2.30. The van der Waals surface area contributed by atoms with Crippen molar-refractivity contribution in [2.45, 2.75) is 12.2 Å². The Hall–Kier alpha value is -4.20. The summed E-state index contributed by atoms with van der Waals surface area (Å²) in [6, 6.07) is 33.3. The number of ether oxygens (including phenoxy) is 4. The van der Waals surface area contributed by atoms with E-state index in [4.69, 9.17) is 30.4 Å². The molecule has 6 N–H and O–H groups in total. The van der Waals surface area contributed by atoms with Crippen molar-refractivity contribution < 1.29 is 34.0 Å². The van der Waals surface area contributed by atoms with Gasteiger partial charge in [-0.05, 0) is 59.7 Å². The highest BCUT2D eigenvalue weighted by molar-refractivity contribution is 5.90. The Morgan fingerprint density at radius 1 is 0.549 bits per heavy atom. The number of morpholine rings is 2. The zero-order valence-electron chi connectivity index (χ0n) is 28.4. The van der Waals surface area contributed by atoms with E-state index in [-0.39, 0.29) is 54.4 Å². The Morgan fingerprint density at radius 3 is 1.18 bits per heavy atom. The SMILES string of the molecule is Cl.Cl.Nc1ccc(C(=O)OC(CN2CCOCC2)c2ccccc2)cc1.Nc1ccc(C(=O)OC(CN2CCOCC2)c2ccccc2)cc1.O. The van der Waals surface area contributed by atoms with Crippen molar-refractivity contribution in [3.8, 4) is 0 Å². The van der Waals surface area contributed by atoms with E-state index in [9.17, 15) is 9.59 Å². The van der Waals surface area contributed by atoms with Gasteiger partial charge in [0.1, 0.15) is 12.2 Å². The number of esters is 2. The number of nitrogen functional groups attached to an aromatic ring is 2. The summed E-state index contributed by atoms with van der Waals surface area (Å²) >= 11 is 0. The molecule has 51 heavy (non-hydrogen) atoms. The molecular formula is C38H48Cl2N4O7. The van der Waals surface area contributed by atoms with Gasteiger partial charge in [0.25, 0.3) is 0 Å². The third kappa shape index (κ3) is 13.8. The molecule has 0 aromatic heterocycles. The lowest BCUT2D eigenvalue weighted by Crippen LogP contribution is -2.39. The third-order valence-electron chi connectivity index (χ3n) is 8.19. The zero-order chi connectivity index (χ0) is 33.6. The van der Waals surface area contributed by atoms with Gasteiger partial charge in [-0.3, -0.25) is 9.80 Å². The van der Waals surface area contributed by atoms with Crippen LogP contribution in [0.25, 0.3) is 0 Å². The molecule has 0 bridgehead atoms. The molecule has 2 unspecified atom stereocenters. The topological polar surface area (TPSA) is 161 Å². The summed E-state index contributed by atoms with van der Waals surface area (Å²) in [6.07, 6.45) is -0.622. The van der Waals surface area contributed by atoms with E-state index in [0.29, 0.717) is 62.0 Å². The van der Waals surface area contributed by atoms with Crippen LogP contribution in [0.2, 0.25) is 0 Å². The van der Waals surface area contributed by atoms with Crippen LogP contribution >= 0.6 is 24.8 Å². The molecule has 0 amide bonds. The minimum absolute atomic E-state index is 0. The van der Waals surface area contributed by atoms with Crippen molar-refractivity contribution >= 4 is 48.1 Å². The van der Waals surface area contributed by atoms with E-state index in [1.54, 1.807) is 48.5 Å². The lowest BCUT2D eigenvalue weighted by molar-refractivity contribution is -0.00532. The maximum Gasteiger partial charge on any atom is 0.338 e. The molecule has 11 nitrogen and oxygen atoms in total. The van der Waals surface area contributed by atoms with Gasteiger partial charge in [0.2, 0.25) is 0 Å². The fourth-order valence-electron chi connectivity index (χ4n) is 5.43. The Bertz CT molecular complexity index is 1440. The predicted molar refractivity (Wildman–Crippen MR) is 204 cm³/mol. The van der Waals surface area contributed by atoms with Gasteiger partial charge in [0.15, 0.2) is 0 Å². The number of anilines is 2. The molecular weight excluding hydrogens is 695 g/mol. The van der Waals surface area contributed by atoms with Crippen molar-refractivity contribution in [3.05, 3.63) is 131 Å². The average Bonchev–Trinajstić information content (AvgIpc) is 3.13. The van der Waals surface area contributed by atoms with Gasteiger partial charge in [-0.25, -0.2) is 9.59 Å². The molecule has 2 aliphatic heterocycles. The summed E-state index contributed by atoms with van der Waals surface area (Å²) in [7, 11) is 0. The first-order valence-corrected chi connectivity index (χ1v) is 16.3. The first-order chi connectivity index (χ1) is 23.4. The Kier molecular flexibility index (Phi) is 19.0. The molecule has 2 aliphatic rings. The lowest BCUT2D eigenvalue weighted by atomic mass is 10.1. The van der Waals surface area contributed by atoms with Gasteiger partial charge in [-0.2, -0.15) is 0 Å². The molecule has 0 aliphatic carbocycles. The molecule has 13 heteroatoms. The normalized spacial score (nSPS) is 15.5. The summed E-state index contributed by atoms with van der Waals surface area (Å²) < 4.78 is 22.4. The molecule has 6 rings (SSSR count). The molecule has 4 aromatic rings. The average molecular weight is 744 g/mol. The Labute approximate surface area is 311 Å². The highest BCUT2D eigenvalue weighted by atomic mass is 35.5. The van der Waals surface area contributed by atoms with Gasteiger partial charge in [-0.1, -0.05) is 60.7 Å². The van der Waals surface area contributed by atoms with E-state index in [0.717, 1.165) is 37.3 Å². The summed E-state index contributed by atoms with van der Waals surface area (Å²) in [5.41, 5.74) is 15.6. The zero-order valence-corrected chi connectivity index (χ0v) is 30.1. The maximum atomic E-state index is 12.5. The Balaban J connectivity index is 0.000000334. The number of halogens is 2. The van der Waals surface area contributed by atoms with Crippen molar-refractivity contribution in [1.82, 2.24) is 9.80 Å². The van der Waals surface area contributed by atoms with E-state index in [2.05, 4.69) is 9.80 Å². The largest absolute Gasteiger partial charge is 0.453 e. The highest BCUT2D eigenvalue weighted by Crippen LogP contribution is 2.23. The molecule has 2 heterocycles. The molecule has 276 valence electrons. The number of nitrogens with two attached hydrogens (primary N) is 2. The number of nitrogens with zero attached hydrogens (tertiary/aromatic N) is 2. The van der Waals surface area contributed by atoms with Gasteiger partial charge < -0.3 is 35.9 Å². The minimum Gasteiger partial charge on any atom is -0.453 e. The van der Waals surface area contributed by atoms with Gasteiger partial charge in [0, 0.05) is 50.6 Å². The fourth-order valence-corrected chi connectivity index (χ4v) is 5.43. The number of hydrogen-bond donors (Lipinski definition) is 2. The monoisotopic (exact) mass is 742 g/mol. The number of rotatable bonds is 10. The first-order valence-electron chi connectivity index (χ1n) is 16.3. The smallest absolute Gasteiger partial charge is 0.338 e. The second-order valence-corrected chi connectivity index (χ2v) is 11.7. The number of hydrogen-bond acceptors (Lipinski definition) is 10. The fraction of sp³-hybridized carbons (Fsp3) is 0.316. The molecule has 2 atom stereocenters. The van der Waals surface area contributed by atoms with Crippen molar-refractivity contribution in [2.75, 3.05) is 77.2 Å². The first kappa shape index (κ1) is 43.0. The number of carbonyl (C=O) groups is 2. The summed E-state index contributed by atoms with van der Waals surface area (Å²) in [5.74, 6) is -0.672. The standard InChI is InChI=1S/2C19H22N2O3.2ClH.H2O/c2*20-17-8-6-16(7-9-17)19(22)24-18(15-4-2-1-3-5-15)14-21-10-12-23-13-11-21;;;/h2*1-9,18H,10-14,20H2;2*1H;1H2. The second kappa shape index (κ2) is 22.6. The van der Waals surface area contributed by atoms with E-state index in [1.165, 1.54) is 0 Å². The number of carbonyl (C=O) groups excluding carboxylic acids is 2. The van der Waals surface area contributed by atoms with Crippen LogP contribution in [-0.2, 0) is 18.9 Å². The molecule has 4 aromatic carbocycles. The van der Waals surface area contributed by atoms with Gasteiger partial charge in [-0.15, -0.1) is 24.8 Å². The van der Waals surface area contributed by atoms with Crippen LogP contribution in [-0.4, -0.2) is 92.9 Å². The van der Waals surface area contributed by atoms with Gasteiger partial charge >= 0.3 is 11.9 Å². The third-order valence-corrected chi connectivity index (χ3v) is 8.19. The molecule has 0 saturated carbocycles. The van der Waals surface area contributed by atoms with Gasteiger partial charge in [0.05, 0.1) is 37.6 Å². The van der Waals surface area contributed by atoms with Crippen LogP contribution in [0.1, 0.15) is 44.1 Å². The van der Waals surface area contributed by atoms with Crippen molar-refractivity contribution in [2.24, 2.45) is 0 Å². The van der Waals surface area contributed by atoms with Crippen LogP contribution < -0.4 is 11.5 Å². The van der Waals surface area contributed by atoms with Crippen LogP contribution in [0, 0.1) is 0 Å². The molecule has 0 spiro atoms. The van der Waals surface area contributed by atoms with Crippen molar-refractivity contribution in [1.29, 1.82) is 0 Å². The van der Waals surface area contributed by atoms with Crippen LogP contribution in [0.4, 0.5) is 11.4 Å². The maximum absolute atomic E-state index is 12.5. The highest BCUT2D eigenvalue weighted by Gasteiger charge is 2.24. The van der Waals surface area contributed by atoms with Crippen molar-refractivity contribution in [3.63, 3.8) is 0 Å². The molecule has 2 saturated heterocycles. The Morgan fingerprint density at radius 2 is 0.863 bits per heavy atom. The summed E-state index contributed by atoms with van der Waals surface area (Å²) in [4.78, 5) is 29.5.